The average molecular weight is 329 g/mol. The van der Waals surface area contributed by atoms with Crippen LogP contribution in [0.3, 0.4) is 0 Å². The first-order valence-electron chi connectivity index (χ1n) is 4.15. The van der Waals surface area contributed by atoms with Gasteiger partial charge in [0.1, 0.15) is 14.7 Å². The van der Waals surface area contributed by atoms with Gasteiger partial charge in [0.05, 0.1) is 5.52 Å². The molecule has 2 N–H and O–H groups in total. The largest absolute Gasteiger partial charge is 1.00 e. The minimum Gasteiger partial charge on any atom is -0.746 e. The Morgan fingerprint density at radius 1 is 1.53 bits per heavy atom. The van der Waals surface area contributed by atoms with E-state index < -0.39 is 15.6 Å². The van der Waals surface area contributed by atoms with Crippen LogP contribution in [0.5, 0.6) is 0 Å². The summed E-state index contributed by atoms with van der Waals surface area (Å²) in [5, 5.41) is 9.75. The molecule has 2 aromatic heterocycles. The van der Waals surface area contributed by atoms with Gasteiger partial charge in [-0.25, -0.2) is 13.4 Å². The van der Waals surface area contributed by atoms with E-state index in [0.717, 1.165) is 0 Å². The van der Waals surface area contributed by atoms with Crippen LogP contribution in [0.1, 0.15) is 11.0 Å². The maximum Gasteiger partial charge on any atom is 1.00 e. The number of aromatic amines is 1. The molecule has 0 aliphatic carbocycles. The van der Waals surface area contributed by atoms with Gasteiger partial charge in [0.15, 0.2) is 5.44 Å². The summed E-state index contributed by atoms with van der Waals surface area (Å²) in [6.45, 7) is 0. The third kappa shape index (κ3) is 3.08. The molecule has 0 aromatic carbocycles. The van der Waals surface area contributed by atoms with E-state index in [1.807, 2.05) is 0 Å². The molecule has 0 bridgehead atoms. The van der Waals surface area contributed by atoms with Gasteiger partial charge >= 0.3 is 29.6 Å². The van der Waals surface area contributed by atoms with E-state index in [1.54, 1.807) is 6.07 Å². The normalized spacial score (nSPS) is 13.4. The minimum absolute atomic E-state index is 0. The molecule has 0 saturated carbocycles. The Morgan fingerprint density at radius 3 is 2.76 bits per heavy atom. The first kappa shape index (κ1) is 15.1. The zero-order chi connectivity index (χ0) is 11.9. The van der Waals surface area contributed by atoms with Crippen molar-refractivity contribution in [3.05, 3.63) is 28.6 Å². The summed E-state index contributed by atoms with van der Waals surface area (Å²) in [6.07, 6.45) is 2.65. The van der Waals surface area contributed by atoms with E-state index in [0.29, 0.717) is 15.5 Å². The molecule has 6 nitrogen and oxygen atoms in total. The fraction of sp³-hybridized carbons (Fsp3) is 0.125. The van der Waals surface area contributed by atoms with Crippen LogP contribution in [-0.4, -0.2) is 28.0 Å². The van der Waals surface area contributed by atoms with Gasteiger partial charge in [0, 0.05) is 23.3 Å². The summed E-state index contributed by atoms with van der Waals surface area (Å²) in [4.78, 5) is 6.64. The Bertz CT molecular complexity index is 642. The molecule has 9 heteroatoms. The predicted molar refractivity (Wildman–Crippen MR) is 58.5 cm³/mol. The van der Waals surface area contributed by atoms with E-state index in [9.17, 15) is 18.1 Å². The van der Waals surface area contributed by atoms with E-state index in [2.05, 4.69) is 25.9 Å². The minimum atomic E-state index is -4.78. The Hall–Kier alpha value is 0.0400. The molecule has 1 atom stereocenters. The van der Waals surface area contributed by atoms with Crippen molar-refractivity contribution in [2.24, 2.45) is 0 Å². The van der Waals surface area contributed by atoms with E-state index in [-0.39, 0.29) is 35.1 Å². The Kier molecular flexibility index (Phi) is 4.75. The quantitative estimate of drug-likeness (QED) is 0.372. The maximum absolute atomic E-state index is 10.7. The van der Waals surface area contributed by atoms with Crippen LogP contribution in [0.4, 0.5) is 0 Å². The van der Waals surface area contributed by atoms with Gasteiger partial charge in [0.2, 0.25) is 0 Å². The second-order valence-electron chi connectivity index (χ2n) is 3.14. The number of pyridine rings is 1. The van der Waals surface area contributed by atoms with Gasteiger partial charge in [-0.3, -0.25) is 0 Å². The van der Waals surface area contributed by atoms with Crippen LogP contribution < -0.4 is 29.6 Å². The molecule has 0 saturated heterocycles. The van der Waals surface area contributed by atoms with Crippen LogP contribution in [0.15, 0.2) is 23.1 Å². The van der Waals surface area contributed by atoms with Crippen molar-refractivity contribution in [1.29, 1.82) is 0 Å². The SMILES string of the molecule is O=S(=O)([O-])C(O)c1c[nH]c2cc(Br)ncc12.[Na+]. The van der Waals surface area contributed by atoms with E-state index in [1.165, 1.54) is 12.4 Å². The number of aliphatic hydroxyl groups excluding tert-OH is 1. The monoisotopic (exact) mass is 328 g/mol. The predicted octanol–water partition coefficient (Wildman–Crippen LogP) is -2.13. The zero-order valence-electron chi connectivity index (χ0n) is 8.71. The van der Waals surface area contributed by atoms with Crippen molar-refractivity contribution in [3.8, 4) is 0 Å². The molecule has 86 valence electrons. The van der Waals surface area contributed by atoms with Crippen molar-refractivity contribution in [3.63, 3.8) is 0 Å². The molecule has 0 aliphatic heterocycles. The molecule has 1 unspecified atom stereocenters. The van der Waals surface area contributed by atoms with E-state index in [4.69, 9.17) is 0 Å². The summed E-state index contributed by atoms with van der Waals surface area (Å²) in [6, 6.07) is 1.61. The van der Waals surface area contributed by atoms with Crippen molar-refractivity contribution in [1.82, 2.24) is 9.97 Å². The van der Waals surface area contributed by atoms with Crippen molar-refractivity contribution < 1.29 is 47.6 Å². The Morgan fingerprint density at radius 2 is 2.18 bits per heavy atom. The molecule has 0 spiro atoms. The fourth-order valence-corrected chi connectivity index (χ4v) is 2.21. The number of nitrogens with zero attached hydrogens (tertiary/aromatic N) is 1. The number of H-pyrrole nitrogens is 1. The first-order chi connectivity index (χ1) is 7.39. The summed E-state index contributed by atoms with van der Waals surface area (Å²) >= 11 is 3.14. The number of hydrogen-bond donors (Lipinski definition) is 2. The maximum atomic E-state index is 10.7. The number of nitrogens with one attached hydrogen (secondary N) is 1. The molecule has 0 amide bonds. The number of aromatic nitrogens is 2. The number of fused-ring (bicyclic) bond motifs is 1. The molecule has 0 fully saturated rings. The van der Waals surface area contributed by atoms with Crippen LogP contribution in [0, 0.1) is 0 Å². The second-order valence-corrected chi connectivity index (χ2v) is 5.39. The molecule has 2 aromatic rings. The Balaban J connectivity index is 0.00000144. The summed E-state index contributed by atoms with van der Waals surface area (Å²) < 4.78 is 32.6. The summed E-state index contributed by atoms with van der Waals surface area (Å²) in [7, 11) is -4.78. The van der Waals surface area contributed by atoms with E-state index >= 15 is 0 Å². The van der Waals surface area contributed by atoms with Crippen LogP contribution in [0.25, 0.3) is 10.9 Å². The number of halogens is 1. The molecule has 0 aliphatic rings. The third-order valence-electron chi connectivity index (χ3n) is 2.10. The third-order valence-corrected chi connectivity index (χ3v) is 3.34. The smallest absolute Gasteiger partial charge is 0.746 e. The average Bonchev–Trinajstić information content (AvgIpc) is 2.57. The van der Waals surface area contributed by atoms with Crippen molar-refractivity contribution in [2.45, 2.75) is 5.44 Å². The van der Waals surface area contributed by atoms with Crippen LogP contribution >= 0.6 is 15.9 Å². The zero-order valence-corrected chi connectivity index (χ0v) is 13.1. The van der Waals surface area contributed by atoms with Crippen molar-refractivity contribution >= 4 is 37.0 Å². The molecule has 2 rings (SSSR count). The van der Waals surface area contributed by atoms with Gasteiger partial charge in [-0.1, -0.05) is 0 Å². The number of hydrogen-bond acceptors (Lipinski definition) is 5. The van der Waals surface area contributed by atoms with Gasteiger partial charge in [-0.2, -0.15) is 0 Å². The molecule has 0 radical (unpaired) electrons. The van der Waals surface area contributed by atoms with Gasteiger partial charge in [-0.15, -0.1) is 0 Å². The van der Waals surface area contributed by atoms with Crippen LogP contribution in [-0.2, 0) is 10.1 Å². The topological polar surface area (TPSA) is 106 Å². The Labute approximate surface area is 128 Å². The van der Waals surface area contributed by atoms with Gasteiger partial charge in [0.25, 0.3) is 0 Å². The van der Waals surface area contributed by atoms with Crippen molar-refractivity contribution in [2.75, 3.05) is 0 Å². The second kappa shape index (κ2) is 5.35. The fourth-order valence-electron chi connectivity index (χ4n) is 1.37. The molecular formula is C8H6BrN2NaO4S. The molecule has 2 heterocycles. The van der Waals surface area contributed by atoms with Crippen LogP contribution in [0.2, 0.25) is 0 Å². The molecular weight excluding hydrogens is 323 g/mol. The number of rotatable bonds is 2. The van der Waals surface area contributed by atoms with Gasteiger partial charge in [-0.05, 0) is 22.0 Å². The molecule has 17 heavy (non-hydrogen) atoms. The summed E-state index contributed by atoms with van der Waals surface area (Å²) in [5.41, 5.74) is -1.49. The first-order valence-corrected chi connectivity index (χ1v) is 6.41. The summed E-state index contributed by atoms with van der Waals surface area (Å²) in [5.74, 6) is 0. The number of aliphatic hydroxyl groups is 1. The van der Waals surface area contributed by atoms with Gasteiger partial charge < -0.3 is 14.6 Å². The standard InChI is InChI=1S/C8H7BrN2O4S.Na/c9-7-1-6-4(2-11-7)5(3-10-6)8(12)16(13,14)15;/h1-3,8,10,12H,(H,13,14,15);/q;+1/p-1.